The molecule has 0 radical (unpaired) electrons. The highest BCUT2D eigenvalue weighted by molar-refractivity contribution is 6.35. The number of hydrogen-bond acceptors (Lipinski definition) is 3. The number of ether oxygens (including phenoxy) is 1. The third-order valence-corrected chi connectivity index (χ3v) is 3.54. The third-order valence-electron chi connectivity index (χ3n) is 3.54. The van der Waals surface area contributed by atoms with E-state index in [-0.39, 0.29) is 6.10 Å². The van der Waals surface area contributed by atoms with Gasteiger partial charge in [-0.15, -0.1) is 0 Å². The Bertz CT molecular complexity index is 289. The Kier molecular flexibility index (Phi) is 9.04. The Hall–Kier alpha value is -1.10. The van der Waals surface area contributed by atoms with Crippen LogP contribution in [0.3, 0.4) is 0 Å². The van der Waals surface area contributed by atoms with Crippen LogP contribution in [0.25, 0.3) is 0 Å². The molecule has 1 saturated heterocycles. The van der Waals surface area contributed by atoms with Crippen LogP contribution in [-0.4, -0.2) is 37.6 Å². The van der Waals surface area contributed by atoms with E-state index in [9.17, 15) is 9.59 Å². The van der Waals surface area contributed by atoms with Gasteiger partial charge < -0.3 is 15.4 Å². The monoisotopic (exact) mass is 284 g/mol. The van der Waals surface area contributed by atoms with Crippen LogP contribution in [0.4, 0.5) is 0 Å². The third kappa shape index (κ3) is 7.48. The van der Waals surface area contributed by atoms with Crippen LogP contribution in [0, 0.1) is 0 Å². The van der Waals surface area contributed by atoms with E-state index in [2.05, 4.69) is 17.6 Å². The van der Waals surface area contributed by atoms with Crippen molar-refractivity contribution in [3.8, 4) is 0 Å². The zero-order valence-corrected chi connectivity index (χ0v) is 12.6. The fraction of sp³-hybridized carbons (Fsp3) is 0.867. The first kappa shape index (κ1) is 17.0. The quantitative estimate of drug-likeness (QED) is 0.501. The van der Waals surface area contributed by atoms with Crippen molar-refractivity contribution in [2.24, 2.45) is 0 Å². The molecule has 0 spiro atoms. The lowest BCUT2D eigenvalue weighted by Crippen LogP contribution is -2.42. The molecule has 0 aliphatic carbocycles. The van der Waals surface area contributed by atoms with Crippen LogP contribution in [0.5, 0.6) is 0 Å². The van der Waals surface area contributed by atoms with Crippen LogP contribution < -0.4 is 10.6 Å². The van der Waals surface area contributed by atoms with E-state index in [1.54, 1.807) is 0 Å². The molecule has 1 atom stereocenters. The highest BCUT2D eigenvalue weighted by Crippen LogP contribution is 2.10. The van der Waals surface area contributed by atoms with Gasteiger partial charge in [0.05, 0.1) is 6.10 Å². The van der Waals surface area contributed by atoms with E-state index in [0.717, 1.165) is 32.3 Å². The fourth-order valence-electron chi connectivity index (χ4n) is 2.28. The Morgan fingerprint density at radius 3 is 2.45 bits per heavy atom. The van der Waals surface area contributed by atoms with Gasteiger partial charge in [0.25, 0.3) is 0 Å². The molecule has 2 N–H and O–H groups in total. The number of carbonyl (C=O) groups excluding carboxylic acids is 2. The van der Waals surface area contributed by atoms with E-state index in [1.165, 1.54) is 25.7 Å². The van der Waals surface area contributed by atoms with Crippen molar-refractivity contribution in [2.75, 3.05) is 19.7 Å². The van der Waals surface area contributed by atoms with E-state index in [0.29, 0.717) is 13.1 Å². The maximum Gasteiger partial charge on any atom is 0.309 e. The molecule has 1 heterocycles. The van der Waals surface area contributed by atoms with Crippen molar-refractivity contribution in [1.82, 2.24) is 10.6 Å². The van der Waals surface area contributed by atoms with Crippen LogP contribution >= 0.6 is 0 Å². The number of rotatable bonds is 9. The molecule has 0 unspecified atom stereocenters. The molecular formula is C15H28N2O3. The molecule has 5 nitrogen and oxygen atoms in total. The molecule has 1 rings (SSSR count). The highest BCUT2D eigenvalue weighted by atomic mass is 16.5. The molecule has 20 heavy (non-hydrogen) atoms. The maximum absolute atomic E-state index is 11.5. The van der Waals surface area contributed by atoms with Gasteiger partial charge in [-0.1, -0.05) is 39.0 Å². The summed E-state index contributed by atoms with van der Waals surface area (Å²) in [6, 6.07) is 0. The number of hydrogen-bond donors (Lipinski definition) is 2. The molecular weight excluding hydrogens is 256 g/mol. The van der Waals surface area contributed by atoms with Crippen LogP contribution in [-0.2, 0) is 14.3 Å². The van der Waals surface area contributed by atoms with Gasteiger partial charge in [-0.3, -0.25) is 9.59 Å². The molecule has 1 aliphatic heterocycles. The zero-order valence-electron chi connectivity index (χ0n) is 12.6. The summed E-state index contributed by atoms with van der Waals surface area (Å²) >= 11 is 0. The Balaban J connectivity index is 1.96. The van der Waals surface area contributed by atoms with Crippen LogP contribution in [0.15, 0.2) is 0 Å². The summed E-state index contributed by atoms with van der Waals surface area (Å²) in [6.07, 6.45) is 9.09. The highest BCUT2D eigenvalue weighted by Gasteiger charge is 2.18. The van der Waals surface area contributed by atoms with Gasteiger partial charge in [0.15, 0.2) is 0 Å². The van der Waals surface area contributed by atoms with Crippen molar-refractivity contribution in [3.63, 3.8) is 0 Å². The molecule has 0 saturated carbocycles. The van der Waals surface area contributed by atoms with Crippen molar-refractivity contribution in [3.05, 3.63) is 0 Å². The zero-order chi connectivity index (χ0) is 14.6. The molecule has 2 amide bonds. The average molecular weight is 284 g/mol. The van der Waals surface area contributed by atoms with Gasteiger partial charge in [0, 0.05) is 19.7 Å². The Labute approximate surface area is 121 Å². The Morgan fingerprint density at radius 1 is 1.05 bits per heavy atom. The average Bonchev–Trinajstić information content (AvgIpc) is 2.96. The van der Waals surface area contributed by atoms with Crippen molar-refractivity contribution < 1.29 is 14.3 Å². The second-order valence-corrected chi connectivity index (χ2v) is 5.37. The molecule has 1 fully saturated rings. The minimum Gasteiger partial charge on any atom is -0.376 e. The van der Waals surface area contributed by atoms with Gasteiger partial charge in [-0.2, -0.15) is 0 Å². The van der Waals surface area contributed by atoms with E-state index in [1.807, 2.05) is 0 Å². The summed E-state index contributed by atoms with van der Waals surface area (Å²) in [4.78, 5) is 23.0. The second-order valence-electron chi connectivity index (χ2n) is 5.37. The predicted octanol–water partition coefficient (Wildman–Crippen LogP) is 1.76. The minimum atomic E-state index is -0.550. The van der Waals surface area contributed by atoms with Gasteiger partial charge in [0.2, 0.25) is 0 Å². The van der Waals surface area contributed by atoms with Gasteiger partial charge in [0.1, 0.15) is 0 Å². The lowest BCUT2D eigenvalue weighted by atomic mass is 10.1. The van der Waals surface area contributed by atoms with E-state index in [4.69, 9.17) is 4.74 Å². The molecule has 5 heteroatoms. The minimum absolute atomic E-state index is 0.0744. The number of amides is 2. The predicted molar refractivity (Wildman–Crippen MR) is 78.4 cm³/mol. The first-order valence-corrected chi connectivity index (χ1v) is 7.91. The summed E-state index contributed by atoms with van der Waals surface area (Å²) in [5.41, 5.74) is 0. The molecule has 0 bridgehead atoms. The van der Waals surface area contributed by atoms with Gasteiger partial charge in [-0.05, 0) is 19.3 Å². The Morgan fingerprint density at radius 2 is 1.75 bits per heavy atom. The summed E-state index contributed by atoms with van der Waals surface area (Å²) in [5, 5.41) is 5.27. The molecule has 0 aromatic carbocycles. The topological polar surface area (TPSA) is 67.4 Å². The molecule has 0 aromatic rings. The molecule has 116 valence electrons. The standard InChI is InChI=1S/C15H28N2O3/c1-2-3-4-5-6-7-10-16-14(18)15(19)17-12-13-9-8-11-20-13/h13H,2-12H2,1H3,(H,16,18)(H,17,19)/t13-/m1/s1. The summed E-state index contributed by atoms with van der Waals surface area (Å²) < 4.78 is 5.38. The fourth-order valence-corrected chi connectivity index (χ4v) is 2.28. The largest absolute Gasteiger partial charge is 0.376 e. The number of unbranched alkanes of at least 4 members (excludes halogenated alkanes) is 5. The van der Waals surface area contributed by atoms with Gasteiger partial charge >= 0.3 is 11.8 Å². The van der Waals surface area contributed by atoms with Crippen LogP contribution in [0.1, 0.15) is 58.3 Å². The van der Waals surface area contributed by atoms with Crippen molar-refractivity contribution in [1.29, 1.82) is 0 Å². The number of nitrogens with one attached hydrogen (secondary N) is 2. The first-order valence-electron chi connectivity index (χ1n) is 7.91. The van der Waals surface area contributed by atoms with Crippen LogP contribution in [0.2, 0.25) is 0 Å². The lowest BCUT2D eigenvalue weighted by molar-refractivity contribution is -0.139. The SMILES string of the molecule is CCCCCCCCNC(=O)C(=O)NC[C@H]1CCCO1. The van der Waals surface area contributed by atoms with Crippen molar-refractivity contribution >= 4 is 11.8 Å². The smallest absolute Gasteiger partial charge is 0.309 e. The summed E-state index contributed by atoms with van der Waals surface area (Å²) in [5.74, 6) is -1.08. The maximum atomic E-state index is 11.5. The summed E-state index contributed by atoms with van der Waals surface area (Å²) in [7, 11) is 0. The van der Waals surface area contributed by atoms with Crippen molar-refractivity contribution in [2.45, 2.75) is 64.4 Å². The second kappa shape index (κ2) is 10.7. The lowest BCUT2D eigenvalue weighted by Gasteiger charge is -2.10. The summed E-state index contributed by atoms with van der Waals surface area (Å²) in [6.45, 7) is 3.96. The van der Waals surface area contributed by atoms with E-state index < -0.39 is 11.8 Å². The first-order chi connectivity index (χ1) is 9.74. The number of carbonyl (C=O) groups is 2. The molecule has 0 aromatic heterocycles. The van der Waals surface area contributed by atoms with E-state index >= 15 is 0 Å². The molecule has 1 aliphatic rings. The normalized spacial score (nSPS) is 17.9. The van der Waals surface area contributed by atoms with Gasteiger partial charge in [-0.25, -0.2) is 0 Å².